The molecule has 2 N–H and O–H groups in total. The average molecular weight is 289 g/mol. The Kier molecular flexibility index (Phi) is 3.18. The highest BCUT2D eigenvalue weighted by Crippen LogP contribution is 2.34. The van der Waals surface area contributed by atoms with Gasteiger partial charge in [0.05, 0.1) is 12.7 Å². The largest absolute Gasteiger partial charge is 0.496 e. The van der Waals surface area contributed by atoms with Crippen LogP contribution in [0.1, 0.15) is 0 Å². The molecule has 0 fully saturated rings. The molecule has 2 aromatic heterocycles. The van der Waals surface area contributed by atoms with Gasteiger partial charge in [0.2, 0.25) is 0 Å². The van der Waals surface area contributed by atoms with E-state index in [-0.39, 0.29) is 0 Å². The van der Waals surface area contributed by atoms with Gasteiger partial charge in [0.1, 0.15) is 22.1 Å². The molecule has 0 bridgehead atoms. The fraction of sp³-hybridized carbons (Fsp3) is 0.0769. The SMILES string of the molecule is COc1ccccc1-c1nc(-c2csc(N)n2)cs1. The Morgan fingerprint density at radius 3 is 2.53 bits per heavy atom. The summed E-state index contributed by atoms with van der Waals surface area (Å²) in [7, 11) is 1.66. The number of thiazole rings is 2. The molecule has 0 atom stereocenters. The third-order valence-electron chi connectivity index (χ3n) is 2.63. The summed E-state index contributed by atoms with van der Waals surface area (Å²) in [6, 6.07) is 7.84. The lowest BCUT2D eigenvalue weighted by molar-refractivity contribution is 0.416. The lowest BCUT2D eigenvalue weighted by Gasteiger charge is -2.04. The number of ether oxygens (including phenoxy) is 1. The molecule has 0 saturated heterocycles. The Hall–Kier alpha value is -1.92. The molecule has 19 heavy (non-hydrogen) atoms. The number of rotatable bonds is 3. The second kappa shape index (κ2) is 4.99. The van der Waals surface area contributed by atoms with E-state index < -0.39 is 0 Å². The molecule has 0 aliphatic rings. The first-order valence-electron chi connectivity index (χ1n) is 5.58. The van der Waals surface area contributed by atoms with E-state index in [9.17, 15) is 0 Å². The molecule has 0 unspecified atom stereocenters. The number of para-hydroxylation sites is 1. The number of aromatic nitrogens is 2. The Labute approximate surface area is 118 Å². The molecule has 6 heteroatoms. The quantitative estimate of drug-likeness (QED) is 0.801. The summed E-state index contributed by atoms with van der Waals surface area (Å²) in [5.74, 6) is 0.821. The van der Waals surface area contributed by atoms with Crippen LogP contribution in [0.15, 0.2) is 35.0 Å². The molecule has 96 valence electrons. The number of hydrogen-bond donors (Lipinski definition) is 1. The summed E-state index contributed by atoms with van der Waals surface area (Å²) in [5.41, 5.74) is 8.30. The van der Waals surface area contributed by atoms with Crippen LogP contribution < -0.4 is 10.5 Å². The summed E-state index contributed by atoms with van der Waals surface area (Å²) in [6.45, 7) is 0. The molecule has 0 spiro atoms. The zero-order valence-electron chi connectivity index (χ0n) is 10.2. The van der Waals surface area contributed by atoms with Gasteiger partial charge in [0, 0.05) is 10.8 Å². The molecule has 0 aliphatic heterocycles. The van der Waals surface area contributed by atoms with Crippen LogP contribution in [0, 0.1) is 0 Å². The molecule has 0 radical (unpaired) electrons. The van der Waals surface area contributed by atoms with Gasteiger partial charge in [0.15, 0.2) is 5.13 Å². The molecule has 4 nitrogen and oxygen atoms in total. The van der Waals surface area contributed by atoms with E-state index in [0.717, 1.165) is 27.7 Å². The zero-order valence-corrected chi connectivity index (χ0v) is 11.8. The second-order valence-corrected chi connectivity index (χ2v) is 5.56. The highest BCUT2D eigenvalue weighted by atomic mass is 32.1. The molecular formula is C13H11N3OS2. The topological polar surface area (TPSA) is 61.0 Å². The van der Waals surface area contributed by atoms with E-state index in [1.807, 2.05) is 35.0 Å². The molecule has 3 aromatic rings. The number of anilines is 1. The Balaban J connectivity index is 2.01. The van der Waals surface area contributed by atoms with Crippen molar-refractivity contribution < 1.29 is 4.74 Å². The number of nitrogens with two attached hydrogens (primary N) is 1. The van der Waals surface area contributed by atoms with Crippen molar-refractivity contribution in [2.75, 3.05) is 12.8 Å². The summed E-state index contributed by atoms with van der Waals surface area (Å²) >= 11 is 2.99. The van der Waals surface area contributed by atoms with Gasteiger partial charge in [-0.2, -0.15) is 0 Å². The number of nitrogen functional groups attached to an aromatic ring is 1. The minimum Gasteiger partial charge on any atom is -0.496 e. The maximum absolute atomic E-state index is 5.64. The molecule has 3 rings (SSSR count). The van der Waals surface area contributed by atoms with Crippen LogP contribution in [0.3, 0.4) is 0 Å². The number of methoxy groups -OCH3 is 1. The predicted octanol–water partition coefficient (Wildman–Crippen LogP) is 3.52. The van der Waals surface area contributed by atoms with Gasteiger partial charge in [-0.15, -0.1) is 22.7 Å². The summed E-state index contributed by atoms with van der Waals surface area (Å²) < 4.78 is 5.35. The van der Waals surface area contributed by atoms with E-state index >= 15 is 0 Å². The Morgan fingerprint density at radius 2 is 1.79 bits per heavy atom. The van der Waals surface area contributed by atoms with Gasteiger partial charge in [-0.3, -0.25) is 0 Å². The fourth-order valence-electron chi connectivity index (χ4n) is 1.74. The molecular weight excluding hydrogens is 278 g/mol. The molecule has 1 aromatic carbocycles. The normalized spacial score (nSPS) is 10.6. The monoisotopic (exact) mass is 289 g/mol. The number of benzene rings is 1. The van der Waals surface area contributed by atoms with Crippen molar-refractivity contribution in [2.45, 2.75) is 0 Å². The van der Waals surface area contributed by atoms with Crippen LogP contribution in [0.2, 0.25) is 0 Å². The van der Waals surface area contributed by atoms with E-state index in [4.69, 9.17) is 10.5 Å². The van der Waals surface area contributed by atoms with E-state index in [1.165, 1.54) is 11.3 Å². The first-order valence-corrected chi connectivity index (χ1v) is 7.34. The number of hydrogen-bond acceptors (Lipinski definition) is 6. The lowest BCUT2D eigenvalue weighted by Crippen LogP contribution is -1.87. The second-order valence-electron chi connectivity index (χ2n) is 3.81. The van der Waals surface area contributed by atoms with Gasteiger partial charge in [-0.25, -0.2) is 9.97 Å². The van der Waals surface area contributed by atoms with Gasteiger partial charge < -0.3 is 10.5 Å². The molecule has 0 saturated carbocycles. The molecule has 0 amide bonds. The first-order chi connectivity index (χ1) is 9.28. The maximum atomic E-state index is 5.64. The summed E-state index contributed by atoms with van der Waals surface area (Å²) in [6.07, 6.45) is 0. The predicted molar refractivity (Wildman–Crippen MR) is 79.6 cm³/mol. The summed E-state index contributed by atoms with van der Waals surface area (Å²) in [4.78, 5) is 8.84. The van der Waals surface area contributed by atoms with E-state index in [0.29, 0.717) is 5.13 Å². The maximum Gasteiger partial charge on any atom is 0.180 e. The van der Waals surface area contributed by atoms with Crippen LogP contribution in [-0.2, 0) is 0 Å². The summed E-state index contributed by atoms with van der Waals surface area (Å²) in [5, 5.41) is 5.37. The van der Waals surface area contributed by atoms with Gasteiger partial charge >= 0.3 is 0 Å². The average Bonchev–Trinajstić information content (AvgIpc) is 3.07. The van der Waals surface area contributed by atoms with Crippen LogP contribution >= 0.6 is 22.7 Å². The van der Waals surface area contributed by atoms with E-state index in [1.54, 1.807) is 18.4 Å². The van der Waals surface area contributed by atoms with Crippen molar-refractivity contribution in [3.8, 4) is 27.7 Å². The third-order valence-corrected chi connectivity index (χ3v) is 4.18. The van der Waals surface area contributed by atoms with Crippen LogP contribution in [0.25, 0.3) is 22.0 Å². The van der Waals surface area contributed by atoms with Gasteiger partial charge in [-0.1, -0.05) is 12.1 Å². The van der Waals surface area contributed by atoms with Crippen LogP contribution in [0.5, 0.6) is 5.75 Å². The highest BCUT2D eigenvalue weighted by Gasteiger charge is 2.12. The molecule has 2 heterocycles. The fourth-order valence-corrected chi connectivity index (χ4v) is 3.14. The lowest BCUT2D eigenvalue weighted by atomic mass is 10.2. The molecule has 0 aliphatic carbocycles. The zero-order chi connectivity index (χ0) is 13.2. The third kappa shape index (κ3) is 2.32. The van der Waals surface area contributed by atoms with Crippen LogP contribution in [-0.4, -0.2) is 17.1 Å². The Morgan fingerprint density at radius 1 is 1.05 bits per heavy atom. The van der Waals surface area contributed by atoms with Crippen LogP contribution in [0.4, 0.5) is 5.13 Å². The standard InChI is InChI=1S/C13H11N3OS2/c1-17-11-5-3-2-4-8(11)12-15-9(6-18-12)10-7-19-13(14)16-10/h2-7H,1H3,(H2,14,16). The highest BCUT2D eigenvalue weighted by molar-refractivity contribution is 7.14. The van der Waals surface area contributed by atoms with Crippen molar-refractivity contribution in [1.82, 2.24) is 9.97 Å². The minimum absolute atomic E-state index is 0.557. The van der Waals surface area contributed by atoms with Crippen molar-refractivity contribution in [2.24, 2.45) is 0 Å². The Bertz CT molecular complexity index is 705. The van der Waals surface area contributed by atoms with Crippen molar-refractivity contribution in [1.29, 1.82) is 0 Å². The van der Waals surface area contributed by atoms with Gasteiger partial charge in [0.25, 0.3) is 0 Å². The van der Waals surface area contributed by atoms with Crippen molar-refractivity contribution >= 4 is 27.8 Å². The smallest absolute Gasteiger partial charge is 0.180 e. The van der Waals surface area contributed by atoms with Crippen molar-refractivity contribution in [3.05, 3.63) is 35.0 Å². The van der Waals surface area contributed by atoms with Crippen molar-refractivity contribution in [3.63, 3.8) is 0 Å². The number of nitrogens with zero attached hydrogens (tertiary/aromatic N) is 2. The minimum atomic E-state index is 0.557. The van der Waals surface area contributed by atoms with E-state index in [2.05, 4.69) is 9.97 Å². The first kappa shape index (κ1) is 12.1. The van der Waals surface area contributed by atoms with Gasteiger partial charge in [-0.05, 0) is 12.1 Å².